The van der Waals surface area contributed by atoms with Gasteiger partial charge in [-0.2, -0.15) is 9.97 Å². The Kier molecular flexibility index (Phi) is 4.04. The Morgan fingerprint density at radius 2 is 1.92 bits per heavy atom. The molecule has 126 valence electrons. The molecule has 1 aromatic carbocycles. The van der Waals surface area contributed by atoms with Gasteiger partial charge in [0.15, 0.2) is 0 Å². The minimum absolute atomic E-state index is 0.0924. The second kappa shape index (κ2) is 6.34. The van der Waals surface area contributed by atoms with Gasteiger partial charge >= 0.3 is 6.01 Å². The molecule has 0 unspecified atom stereocenters. The highest BCUT2D eigenvalue weighted by Crippen LogP contribution is 2.37. The highest BCUT2D eigenvalue weighted by atomic mass is 16.6. The summed E-state index contributed by atoms with van der Waals surface area (Å²) in [5.41, 5.74) is 1.76. The third kappa shape index (κ3) is 3.18. The lowest BCUT2D eigenvalue weighted by molar-refractivity contribution is -0.384. The molecule has 2 saturated carbocycles. The van der Waals surface area contributed by atoms with Crippen LogP contribution in [0.15, 0.2) is 18.2 Å². The van der Waals surface area contributed by atoms with Gasteiger partial charge in [0.25, 0.3) is 5.69 Å². The van der Waals surface area contributed by atoms with Crippen molar-refractivity contribution >= 4 is 16.6 Å². The molecule has 0 N–H and O–H groups in total. The van der Waals surface area contributed by atoms with Crippen LogP contribution in [-0.2, 0) is 0 Å². The smallest absolute Gasteiger partial charge is 0.317 e. The summed E-state index contributed by atoms with van der Waals surface area (Å²) in [7, 11) is 0. The Hall–Kier alpha value is -2.24. The molecule has 0 spiro atoms. The van der Waals surface area contributed by atoms with E-state index in [0.717, 1.165) is 29.4 Å². The molecule has 0 bridgehead atoms. The van der Waals surface area contributed by atoms with Gasteiger partial charge in [0, 0.05) is 23.4 Å². The van der Waals surface area contributed by atoms with Gasteiger partial charge in [-0.1, -0.05) is 19.3 Å². The van der Waals surface area contributed by atoms with Crippen molar-refractivity contribution < 1.29 is 9.66 Å². The topological polar surface area (TPSA) is 78.2 Å². The maximum atomic E-state index is 11.1. The number of fused-ring (bicyclic) bond motifs is 1. The molecule has 0 saturated heterocycles. The molecule has 0 amide bonds. The van der Waals surface area contributed by atoms with Crippen molar-refractivity contribution in [2.75, 3.05) is 6.61 Å². The van der Waals surface area contributed by atoms with Crippen molar-refractivity contribution in [2.24, 2.45) is 5.92 Å². The lowest BCUT2D eigenvalue weighted by Gasteiger charge is -2.22. The molecule has 6 heteroatoms. The fraction of sp³-hybridized carbons (Fsp3) is 0.556. The Bertz CT molecular complexity index is 767. The Balaban J connectivity index is 1.75. The zero-order valence-corrected chi connectivity index (χ0v) is 13.6. The number of nitro benzene ring substituents is 1. The van der Waals surface area contributed by atoms with Gasteiger partial charge in [-0.05, 0) is 37.7 Å². The van der Waals surface area contributed by atoms with E-state index in [-0.39, 0.29) is 10.6 Å². The molecule has 2 aromatic rings. The van der Waals surface area contributed by atoms with Gasteiger partial charge in [-0.15, -0.1) is 0 Å². The Morgan fingerprint density at radius 1 is 1.12 bits per heavy atom. The first kappa shape index (κ1) is 15.3. The number of aromatic nitrogens is 2. The summed E-state index contributed by atoms with van der Waals surface area (Å²) in [6.45, 7) is 0.669. The maximum absolute atomic E-state index is 11.1. The zero-order valence-electron chi connectivity index (χ0n) is 13.6. The van der Waals surface area contributed by atoms with Crippen LogP contribution in [0.5, 0.6) is 6.01 Å². The summed E-state index contributed by atoms with van der Waals surface area (Å²) < 4.78 is 5.79. The molecule has 2 aliphatic carbocycles. The van der Waals surface area contributed by atoms with Crippen molar-refractivity contribution in [2.45, 2.75) is 50.9 Å². The van der Waals surface area contributed by atoms with E-state index in [4.69, 9.17) is 4.74 Å². The molecule has 0 aliphatic heterocycles. The molecule has 4 rings (SSSR count). The van der Waals surface area contributed by atoms with Gasteiger partial charge in [0.1, 0.15) is 0 Å². The van der Waals surface area contributed by atoms with E-state index >= 15 is 0 Å². The van der Waals surface area contributed by atoms with Crippen LogP contribution in [-0.4, -0.2) is 21.5 Å². The lowest BCUT2D eigenvalue weighted by Crippen LogP contribution is -2.10. The minimum atomic E-state index is -0.360. The average Bonchev–Trinajstić information content (AvgIpc) is 3.44. The molecule has 2 fully saturated rings. The summed E-state index contributed by atoms with van der Waals surface area (Å²) in [6.07, 6.45) is 8.22. The fourth-order valence-corrected chi connectivity index (χ4v) is 3.46. The summed E-state index contributed by atoms with van der Waals surface area (Å²) in [4.78, 5) is 19.9. The van der Waals surface area contributed by atoms with Crippen molar-refractivity contribution in [1.82, 2.24) is 9.97 Å². The monoisotopic (exact) mass is 327 g/mol. The molecule has 0 radical (unpaired) electrons. The predicted molar refractivity (Wildman–Crippen MR) is 90.2 cm³/mol. The molecule has 1 aromatic heterocycles. The van der Waals surface area contributed by atoms with E-state index < -0.39 is 0 Å². The Labute approximate surface area is 140 Å². The molecule has 0 atom stereocenters. The van der Waals surface area contributed by atoms with E-state index in [1.54, 1.807) is 12.1 Å². The number of benzene rings is 1. The average molecular weight is 327 g/mol. The molecular formula is C18H21N3O3. The quantitative estimate of drug-likeness (QED) is 0.601. The molecule has 2 aliphatic rings. The van der Waals surface area contributed by atoms with E-state index in [2.05, 4.69) is 9.97 Å². The minimum Gasteiger partial charge on any atom is -0.463 e. The number of hydrogen-bond donors (Lipinski definition) is 0. The SMILES string of the molecule is O=[N+]([O-])c1ccc2nc(OCC3CC3)nc(C3CCCCC3)c2c1. The molecular weight excluding hydrogens is 306 g/mol. The van der Waals surface area contributed by atoms with E-state index in [0.29, 0.717) is 24.5 Å². The standard InChI is InChI=1S/C18H21N3O3/c22-21(23)14-8-9-16-15(10-14)17(13-4-2-1-3-5-13)20-18(19-16)24-11-12-6-7-12/h8-10,12-13H,1-7,11H2. The normalized spacial score (nSPS) is 18.7. The summed E-state index contributed by atoms with van der Waals surface area (Å²) in [5.74, 6) is 0.980. The third-order valence-electron chi connectivity index (χ3n) is 5.04. The highest BCUT2D eigenvalue weighted by molar-refractivity contribution is 5.84. The van der Waals surface area contributed by atoms with Crippen LogP contribution in [0.3, 0.4) is 0 Å². The van der Waals surface area contributed by atoms with Gasteiger partial charge in [0.05, 0.1) is 22.7 Å². The van der Waals surface area contributed by atoms with Crippen LogP contribution in [0.1, 0.15) is 56.6 Å². The second-order valence-corrected chi connectivity index (χ2v) is 6.94. The number of non-ortho nitro benzene ring substituents is 1. The molecule has 1 heterocycles. The van der Waals surface area contributed by atoms with Gasteiger partial charge < -0.3 is 4.74 Å². The molecule has 6 nitrogen and oxygen atoms in total. The number of ether oxygens (including phenoxy) is 1. The number of nitrogens with zero attached hydrogens (tertiary/aromatic N) is 3. The van der Waals surface area contributed by atoms with Crippen molar-refractivity contribution in [3.05, 3.63) is 34.0 Å². The van der Waals surface area contributed by atoms with E-state index in [9.17, 15) is 10.1 Å². The number of nitro groups is 1. The maximum Gasteiger partial charge on any atom is 0.317 e. The summed E-state index contributed by atoms with van der Waals surface area (Å²) in [5, 5.41) is 11.9. The van der Waals surface area contributed by atoms with Crippen molar-refractivity contribution in [3.8, 4) is 6.01 Å². The lowest BCUT2D eigenvalue weighted by atomic mass is 9.85. The van der Waals surface area contributed by atoms with Crippen molar-refractivity contribution in [1.29, 1.82) is 0 Å². The number of rotatable bonds is 5. The Morgan fingerprint density at radius 3 is 2.62 bits per heavy atom. The first-order valence-corrected chi connectivity index (χ1v) is 8.79. The van der Waals surface area contributed by atoms with Crippen LogP contribution in [0, 0.1) is 16.0 Å². The van der Waals surface area contributed by atoms with Crippen molar-refractivity contribution in [3.63, 3.8) is 0 Å². The summed E-state index contributed by atoms with van der Waals surface area (Å²) >= 11 is 0. The van der Waals surface area contributed by atoms with Crippen LogP contribution in [0.25, 0.3) is 10.9 Å². The fourth-order valence-electron chi connectivity index (χ4n) is 3.46. The third-order valence-corrected chi connectivity index (χ3v) is 5.04. The largest absolute Gasteiger partial charge is 0.463 e. The van der Waals surface area contributed by atoms with Crippen LogP contribution in [0.2, 0.25) is 0 Å². The van der Waals surface area contributed by atoms with E-state index in [1.165, 1.54) is 38.2 Å². The second-order valence-electron chi connectivity index (χ2n) is 6.94. The number of hydrogen-bond acceptors (Lipinski definition) is 5. The van der Waals surface area contributed by atoms with E-state index in [1.807, 2.05) is 0 Å². The van der Waals surface area contributed by atoms with Gasteiger partial charge in [-0.3, -0.25) is 10.1 Å². The predicted octanol–water partition coefficient (Wildman–Crippen LogP) is 4.37. The summed E-state index contributed by atoms with van der Waals surface area (Å²) in [6, 6.07) is 5.25. The zero-order chi connectivity index (χ0) is 16.5. The highest BCUT2D eigenvalue weighted by Gasteiger charge is 2.25. The first-order chi connectivity index (χ1) is 11.7. The van der Waals surface area contributed by atoms with Crippen LogP contribution < -0.4 is 4.74 Å². The molecule has 24 heavy (non-hydrogen) atoms. The van der Waals surface area contributed by atoms with Gasteiger partial charge in [0.2, 0.25) is 0 Å². The van der Waals surface area contributed by atoms with Crippen LogP contribution >= 0.6 is 0 Å². The first-order valence-electron chi connectivity index (χ1n) is 8.79. The van der Waals surface area contributed by atoms with Crippen LogP contribution in [0.4, 0.5) is 5.69 Å². The van der Waals surface area contributed by atoms with Gasteiger partial charge in [-0.25, -0.2) is 0 Å².